The summed E-state index contributed by atoms with van der Waals surface area (Å²) in [6.45, 7) is 2.74. The lowest BCUT2D eigenvalue weighted by molar-refractivity contribution is 0.211. The van der Waals surface area contributed by atoms with Gasteiger partial charge in [0, 0.05) is 56.2 Å². The first-order valence-electron chi connectivity index (χ1n) is 13.9. The van der Waals surface area contributed by atoms with Crippen LogP contribution in [0.3, 0.4) is 0 Å². The molecule has 0 bridgehead atoms. The van der Waals surface area contributed by atoms with Gasteiger partial charge in [-0.15, -0.1) is 0 Å². The van der Waals surface area contributed by atoms with E-state index < -0.39 is 0 Å². The number of imidazole rings is 1. The number of nitrogens with one attached hydrogen (secondary N) is 1. The molecule has 1 aliphatic rings. The number of hydrogen-bond donors (Lipinski definition) is 4. The number of rotatable bonds is 8. The van der Waals surface area contributed by atoms with E-state index in [1.165, 1.54) is 23.0 Å². The summed E-state index contributed by atoms with van der Waals surface area (Å²) in [4.78, 5) is 24.6. The van der Waals surface area contributed by atoms with Gasteiger partial charge < -0.3 is 16.8 Å². The van der Waals surface area contributed by atoms with Gasteiger partial charge >= 0.3 is 0 Å². The monoisotopic (exact) mass is 573 g/mol. The van der Waals surface area contributed by atoms with Crippen molar-refractivity contribution in [1.82, 2.24) is 34.4 Å². The fourth-order valence-electron chi connectivity index (χ4n) is 5.24. The van der Waals surface area contributed by atoms with Crippen LogP contribution in [0.4, 0.5) is 17.5 Å². The van der Waals surface area contributed by atoms with Crippen LogP contribution in [0.5, 0.6) is 0 Å². The predicted octanol–water partition coefficient (Wildman–Crippen LogP) is 2.91. The van der Waals surface area contributed by atoms with Gasteiger partial charge in [-0.2, -0.15) is 5.26 Å². The van der Waals surface area contributed by atoms with E-state index in [0.717, 1.165) is 38.2 Å². The number of nitriles is 1. The number of anilines is 3. The van der Waals surface area contributed by atoms with Crippen molar-refractivity contribution in [3.8, 4) is 23.1 Å². The van der Waals surface area contributed by atoms with Crippen LogP contribution in [0.15, 0.2) is 79.4 Å². The normalized spacial score (nSPS) is 14.2. The number of benzene rings is 1. The standard InChI is InChI=1S/C30H31N13/c31-12-17-42(34)27-8-7-24-30(40-27)43(29(38-24)23-2-1-13-36-28(23)33)22-5-3-20(4-6-22)19-41-15-10-21(11-16-41)37-25-9-14-35-26(18-32)39-25/h1-9,12-14,17,21H,10-11,15-16,19,31,34H2,(H2,33,36)(H,35,37,39)/b17-12-. The zero-order valence-corrected chi connectivity index (χ0v) is 23.4. The minimum atomic E-state index is 0.173. The summed E-state index contributed by atoms with van der Waals surface area (Å²) in [6, 6.07) is 19.9. The van der Waals surface area contributed by atoms with Gasteiger partial charge in [-0.05, 0) is 60.9 Å². The van der Waals surface area contributed by atoms with Crippen molar-refractivity contribution in [2.75, 3.05) is 29.1 Å². The summed E-state index contributed by atoms with van der Waals surface area (Å²) in [6.07, 6.45) is 8.10. The molecule has 0 unspecified atom stereocenters. The van der Waals surface area contributed by atoms with Gasteiger partial charge in [-0.25, -0.2) is 30.8 Å². The summed E-state index contributed by atoms with van der Waals surface area (Å²) < 4.78 is 1.97. The predicted molar refractivity (Wildman–Crippen MR) is 165 cm³/mol. The maximum Gasteiger partial charge on any atom is 0.234 e. The summed E-state index contributed by atoms with van der Waals surface area (Å²) >= 11 is 0. The first-order chi connectivity index (χ1) is 21.0. The Morgan fingerprint density at radius 2 is 1.81 bits per heavy atom. The third kappa shape index (κ3) is 5.91. The molecule has 1 aromatic carbocycles. The molecule has 5 heterocycles. The van der Waals surface area contributed by atoms with Crippen molar-refractivity contribution in [2.45, 2.75) is 25.4 Å². The lowest BCUT2D eigenvalue weighted by Crippen LogP contribution is -2.38. The van der Waals surface area contributed by atoms with E-state index in [2.05, 4.69) is 49.4 Å². The molecule has 0 radical (unpaired) electrons. The minimum absolute atomic E-state index is 0.173. The van der Waals surface area contributed by atoms with Crippen LogP contribution in [0.1, 0.15) is 24.2 Å². The lowest BCUT2D eigenvalue weighted by Gasteiger charge is -2.32. The number of nitrogens with two attached hydrogens (primary N) is 3. The van der Waals surface area contributed by atoms with E-state index in [-0.39, 0.29) is 5.82 Å². The van der Waals surface area contributed by atoms with Gasteiger partial charge in [0.05, 0.1) is 5.56 Å². The molecule has 13 heteroatoms. The highest BCUT2D eigenvalue weighted by Gasteiger charge is 2.21. The van der Waals surface area contributed by atoms with Crippen molar-refractivity contribution < 1.29 is 0 Å². The maximum absolute atomic E-state index is 9.05. The second-order valence-electron chi connectivity index (χ2n) is 10.2. The van der Waals surface area contributed by atoms with Crippen LogP contribution >= 0.6 is 0 Å². The average Bonchev–Trinajstić information content (AvgIpc) is 3.41. The van der Waals surface area contributed by atoms with Crippen molar-refractivity contribution in [1.29, 1.82) is 5.26 Å². The van der Waals surface area contributed by atoms with Gasteiger partial charge in [0.1, 0.15) is 29.0 Å². The topological polar surface area (TPSA) is 190 Å². The minimum Gasteiger partial charge on any atom is -0.403 e. The van der Waals surface area contributed by atoms with Gasteiger partial charge in [-0.3, -0.25) is 14.5 Å². The highest BCUT2D eigenvalue weighted by atomic mass is 15.4. The fourth-order valence-corrected chi connectivity index (χ4v) is 5.24. The van der Waals surface area contributed by atoms with E-state index in [0.29, 0.717) is 46.0 Å². The Labute approximate surface area is 248 Å². The number of nitrogens with zero attached hydrogens (tertiary/aromatic N) is 9. The fraction of sp³-hybridized carbons (Fsp3) is 0.200. The van der Waals surface area contributed by atoms with Crippen molar-refractivity contribution >= 4 is 28.6 Å². The number of aromatic nitrogens is 6. The van der Waals surface area contributed by atoms with Crippen molar-refractivity contribution in [3.63, 3.8) is 0 Å². The number of nitrogen functional groups attached to an aromatic ring is 1. The molecule has 6 rings (SSSR count). The number of piperidine rings is 1. The van der Waals surface area contributed by atoms with E-state index in [9.17, 15) is 0 Å². The zero-order chi connectivity index (χ0) is 29.8. The van der Waals surface area contributed by atoms with Crippen molar-refractivity contribution in [3.05, 3.63) is 90.8 Å². The summed E-state index contributed by atoms with van der Waals surface area (Å²) in [5, 5.41) is 13.8. The number of fused-ring (bicyclic) bond motifs is 1. The SMILES string of the molecule is N#Cc1nccc(NC2CCN(Cc3ccc(-n4c(-c5cccnc5N)nc5ccc(N(N)/C=C\N)nc54)cc3)CC2)n1. The lowest BCUT2D eigenvalue weighted by atomic mass is 10.0. The number of pyridine rings is 2. The molecule has 13 nitrogen and oxygen atoms in total. The first-order valence-corrected chi connectivity index (χ1v) is 13.9. The maximum atomic E-state index is 9.05. The molecule has 0 saturated carbocycles. The van der Waals surface area contributed by atoms with Gasteiger partial charge in [-0.1, -0.05) is 12.1 Å². The largest absolute Gasteiger partial charge is 0.403 e. The average molecular weight is 574 g/mol. The first kappa shape index (κ1) is 27.6. The smallest absolute Gasteiger partial charge is 0.234 e. The van der Waals surface area contributed by atoms with E-state index in [4.69, 9.17) is 32.5 Å². The summed E-state index contributed by atoms with van der Waals surface area (Å²) in [5.74, 6) is 8.51. The summed E-state index contributed by atoms with van der Waals surface area (Å²) in [5.41, 5.74) is 15.9. The molecule has 0 atom stereocenters. The third-order valence-electron chi connectivity index (χ3n) is 7.38. The number of hydrazine groups is 1. The molecular weight excluding hydrogens is 542 g/mol. The molecule has 1 aliphatic heterocycles. The molecule has 0 aliphatic carbocycles. The van der Waals surface area contributed by atoms with Gasteiger partial charge in [0.2, 0.25) is 5.82 Å². The molecule has 1 fully saturated rings. The Hall–Kier alpha value is -5.58. The molecule has 216 valence electrons. The molecule has 5 aromatic rings. The highest BCUT2D eigenvalue weighted by molar-refractivity contribution is 5.84. The summed E-state index contributed by atoms with van der Waals surface area (Å²) in [7, 11) is 0. The second-order valence-corrected chi connectivity index (χ2v) is 10.2. The van der Waals surface area contributed by atoms with E-state index >= 15 is 0 Å². The molecule has 7 N–H and O–H groups in total. The molecule has 4 aromatic heterocycles. The van der Waals surface area contributed by atoms with E-state index in [1.54, 1.807) is 24.5 Å². The van der Waals surface area contributed by atoms with Crippen LogP contribution in [0.2, 0.25) is 0 Å². The molecular formula is C30H31N13. The van der Waals surface area contributed by atoms with Gasteiger partial charge in [0.25, 0.3) is 0 Å². The van der Waals surface area contributed by atoms with Crippen LogP contribution < -0.4 is 27.6 Å². The Bertz CT molecular complexity index is 1800. The van der Waals surface area contributed by atoms with E-state index in [1.807, 2.05) is 28.8 Å². The van der Waals surface area contributed by atoms with Crippen molar-refractivity contribution in [2.24, 2.45) is 11.6 Å². The third-order valence-corrected chi connectivity index (χ3v) is 7.38. The number of hydrogen-bond acceptors (Lipinski definition) is 12. The quantitative estimate of drug-likeness (QED) is 0.157. The van der Waals surface area contributed by atoms with Crippen LogP contribution in [-0.4, -0.2) is 53.5 Å². The number of likely N-dealkylation sites (tertiary alicyclic amines) is 1. The highest BCUT2D eigenvalue weighted by Crippen LogP contribution is 2.31. The van der Waals surface area contributed by atoms with Crippen LogP contribution in [0, 0.1) is 11.3 Å². The Morgan fingerprint density at radius 3 is 2.56 bits per heavy atom. The Balaban J connectivity index is 1.22. The zero-order valence-electron chi connectivity index (χ0n) is 23.4. The van der Waals surface area contributed by atoms with Gasteiger partial charge in [0.15, 0.2) is 11.5 Å². The Morgan fingerprint density at radius 1 is 1.00 bits per heavy atom. The molecule has 0 spiro atoms. The molecule has 43 heavy (non-hydrogen) atoms. The molecule has 1 saturated heterocycles. The Kier molecular flexibility index (Phi) is 7.77. The van der Waals surface area contributed by atoms with Crippen LogP contribution in [-0.2, 0) is 6.54 Å². The van der Waals surface area contributed by atoms with Crippen LogP contribution in [0.25, 0.3) is 28.2 Å². The second kappa shape index (κ2) is 12.1. The molecule has 0 amide bonds.